The number of aryl methyl sites for hydroxylation is 1. The van der Waals surface area contributed by atoms with Crippen LogP contribution in [0.5, 0.6) is 0 Å². The van der Waals surface area contributed by atoms with Gasteiger partial charge in [-0.05, 0) is 36.6 Å². The summed E-state index contributed by atoms with van der Waals surface area (Å²) in [5, 5.41) is 3.12. The Kier molecular flexibility index (Phi) is 3.18. The first-order valence-corrected chi connectivity index (χ1v) is 7.94. The third kappa shape index (κ3) is 2.22. The molecule has 1 heterocycles. The number of amides is 1. The van der Waals surface area contributed by atoms with Gasteiger partial charge in [-0.1, -0.05) is 36.4 Å². The monoisotopic (exact) mass is 305 g/mol. The predicted octanol–water partition coefficient (Wildman–Crippen LogP) is 3.09. The van der Waals surface area contributed by atoms with Gasteiger partial charge >= 0.3 is 0 Å². The number of hydrogen-bond acceptors (Lipinski definition) is 2. The van der Waals surface area contributed by atoms with Gasteiger partial charge in [0.1, 0.15) is 5.82 Å². The number of nitrogens with one attached hydrogen (secondary N) is 1. The smallest absolute Gasteiger partial charge is 0.228 e. The first-order chi connectivity index (χ1) is 11.1. The Hall–Kier alpha value is -2.62. The topological polar surface area (TPSA) is 46.9 Å². The molecule has 2 atom stereocenters. The minimum absolute atomic E-state index is 0.0247. The number of aromatic nitrogens is 2. The van der Waals surface area contributed by atoms with Crippen molar-refractivity contribution < 1.29 is 4.79 Å². The van der Waals surface area contributed by atoms with E-state index in [0.29, 0.717) is 0 Å². The molecule has 1 N–H and O–H groups in total. The third-order valence-corrected chi connectivity index (χ3v) is 4.74. The number of hydrogen-bond donors (Lipinski definition) is 1. The predicted molar refractivity (Wildman–Crippen MR) is 90.2 cm³/mol. The normalized spacial score (nSPS) is 17.4. The Balaban J connectivity index is 1.55. The van der Waals surface area contributed by atoms with Crippen LogP contribution in [0.2, 0.25) is 0 Å². The van der Waals surface area contributed by atoms with Gasteiger partial charge in [0.05, 0.1) is 23.0 Å². The average Bonchev–Trinajstić information content (AvgIpc) is 2.86. The van der Waals surface area contributed by atoms with Crippen LogP contribution in [0.15, 0.2) is 48.5 Å². The van der Waals surface area contributed by atoms with E-state index in [1.165, 1.54) is 5.56 Å². The van der Waals surface area contributed by atoms with E-state index in [4.69, 9.17) is 0 Å². The second kappa shape index (κ2) is 5.23. The van der Waals surface area contributed by atoms with Crippen LogP contribution in [-0.2, 0) is 18.3 Å². The van der Waals surface area contributed by atoms with Gasteiger partial charge in [-0.3, -0.25) is 4.79 Å². The summed E-state index contributed by atoms with van der Waals surface area (Å²) >= 11 is 0. The van der Waals surface area contributed by atoms with E-state index in [1.807, 2.05) is 56.4 Å². The fourth-order valence-corrected chi connectivity index (χ4v) is 3.42. The lowest BCUT2D eigenvalue weighted by Gasteiger charge is -2.30. The molecule has 1 aromatic heterocycles. The van der Waals surface area contributed by atoms with Gasteiger partial charge in [-0.25, -0.2) is 4.98 Å². The van der Waals surface area contributed by atoms with Gasteiger partial charge in [-0.15, -0.1) is 0 Å². The molecule has 0 spiro atoms. The van der Waals surface area contributed by atoms with E-state index in [-0.39, 0.29) is 17.9 Å². The summed E-state index contributed by atoms with van der Waals surface area (Å²) in [6, 6.07) is 16.1. The highest BCUT2D eigenvalue weighted by Crippen LogP contribution is 2.35. The standard InChI is InChI=1S/C19H19N3O/c1-12(18-21-16-9-5-6-10-17(16)22(18)2)20-19(23)15-11-13-7-3-4-8-14(13)15/h3-10,12,15H,11H2,1-2H3,(H,20,23)/t12-,15+/m1/s1. The van der Waals surface area contributed by atoms with E-state index in [1.54, 1.807) is 0 Å². The fraction of sp³-hybridized carbons (Fsp3) is 0.263. The molecule has 2 aromatic carbocycles. The molecular weight excluding hydrogens is 286 g/mol. The zero-order chi connectivity index (χ0) is 16.0. The molecule has 0 unspecified atom stereocenters. The number of carbonyl (C=O) groups is 1. The molecule has 116 valence electrons. The van der Waals surface area contributed by atoms with E-state index < -0.39 is 0 Å². The molecule has 0 aliphatic heterocycles. The maximum Gasteiger partial charge on any atom is 0.228 e. The molecule has 1 aliphatic rings. The van der Waals surface area contributed by atoms with E-state index in [0.717, 1.165) is 28.8 Å². The van der Waals surface area contributed by atoms with Crippen LogP contribution in [-0.4, -0.2) is 15.5 Å². The second-order valence-corrected chi connectivity index (χ2v) is 6.20. The molecule has 0 fully saturated rings. The molecule has 4 nitrogen and oxygen atoms in total. The van der Waals surface area contributed by atoms with Crippen LogP contribution < -0.4 is 5.32 Å². The molecule has 1 aliphatic carbocycles. The largest absolute Gasteiger partial charge is 0.346 e. The van der Waals surface area contributed by atoms with Crippen LogP contribution in [0.4, 0.5) is 0 Å². The lowest BCUT2D eigenvalue weighted by molar-refractivity contribution is -0.123. The Morgan fingerprint density at radius 2 is 1.96 bits per heavy atom. The van der Waals surface area contributed by atoms with Crippen LogP contribution in [0, 0.1) is 0 Å². The number of fused-ring (bicyclic) bond motifs is 2. The molecule has 0 saturated heterocycles. The highest BCUT2D eigenvalue weighted by molar-refractivity contribution is 5.87. The molecule has 1 amide bonds. The van der Waals surface area contributed by atoms with Gasteiger partial charge in [0, 0.05) is 7.05 Å². The van der Waals surface area contributed by atoms with Gasteiger partial charge in [0.25, 0.3) is 0 Å². The Bertz CT molecular complexity index is 897. The Morgan fingerprint density at radius 3 is 2.74 bits per heavy atom. The first-order valence-electron chi connectivity index (χ1n) is 7.94. The van der Waals surface area contributed by atoms with Crippen molar-refractivity contribution in [1.82, 2.24) is 14.9 Å². The molecule has 23 heavy (non-hydrogen) atoms. The SMILES string of the molecule is C[C@@H](NC(=O)[C@H]1Cc2ccccc21)c1nc2ccccc2n1C. The zero-order valence-corrected chi connectivity index (χ0v) is 13.3. The molecule has 0 saturated carbocycles. The van der Waals surface area contributed by atoms with Crippen molar-refractivity contribution >= 4 is 16.9 Å². The van der Waals surface area contributed by atoms with Crippen LogP contribution in [0.3, 0.4) is 0 Å². The summed E-state index contributed by atoms with van der Waals surface area (Å²) in [5.41, 5.74) is 4.47. The summed E-state index contributed by atoms with van der Waals surface area (Å²) in [7, 11) is 1.99. The Labute approximate surface area is 135 Å². The van der Waals surface area contributed by atoms with Crippen LogP contribution in [0.1, 0.15) is 35.8 Å². The summed E-state index contributed by atoms with van der Waals surface area (Å²) in [4.78, 5) is 17.2. The number of nitrogens with zero attached hydrogens (tertiary/aromatic N) is 2. The number of imidazole rings is 1. The van der Waals surface area contributed by atoms with E-state index in [2.05, 4.69) is 20.9 Å². The lowest BCUT2D eigenvalue weighted by atomic mass is 9.77. The summed E-state index contributed by atoms with van der Waals surface area (Å²) in [6.07, 6.45) is 0.831. The molecule has 3 aromatic rings. The maximum absolute atomic E-state index is 12.6. The van der Waals surface area contributed by atoms with Crippen molar-refractivity contribution in [2.24, 2.45) is 7.05 Å². The summed E-state index contributed by atoms with van der Waals surface area (Å²) in [5.74, 6) is 0.943. The maximum atomic E-state index is 12.6. The van der Waals surface area contributed by atoms with Gasteiger partial charge in [0.15, 0.2) is 0 Å². The fourth-order valence-electron chi connectivity index (χ4n) is 3.42. The average molecular weight is 305 g/mol. The van der Waals surface area contributed by atoms with Gasteiger partial charge < -0.3 is 9.88 Å². The number of para-hydroxylation sites is 2. The quantitative estimate of drug-likeness (QED) is 0.808. The summed E-state index contributed by atoms with van der Waals surface area (Å²) in [6.45, 7) is 1.99. The summed E-state index contributed by atoms with van der Waals surface area (Å²) < 4.78 is 2.05. The third-order valence-electron chi connectivity index (χ3n) is 4.74. The van der Waals surface area contributed by atoms with Crippen LogP contribution in [0.25, 0.3) is 11.0 Å². The molecule has 4 heteroatoms. The molecule has 0 bridgehead atoms. The van der Waals surface area contributed by atoms with Crippen molar-refractivity contribution in [2.45, 2.75) is 25.3 Å². The highest BCUT2D eigenvalue weighted by atomic mass is 16.2. The van der Waals surface area contributed by atoms with Crippen molar-refractivity contribution in [3.63, 3.8) is 0 Å². The van der Waals surface area contributed by atoms with Crippen molar-refractivity contribution in [3.05, 3.63) is 65.5 Å². The minimum atomic E-state index is -0.118. The van der Waals surface area contributed by atoms with Crippen molar-refractivity contribution in [2.75, 3.05) is 0 Å². The molecule has 4 rings (SSSR count). The van der Waals surface area contributed by atoms with Gasteiger partial charge in [-0.2, -0.15) is 0 Å². The number of carbonyl (C=O) groups excluding carboxylic acids is 1. The lowest BCUT2D eigenvalue weighted by Crippen LogP contribution is -2.37. The van der Waals surface area contributed by atoms with Crippen molar-refractivity contribution in [3.8, 4) is 0 Å². The Morgan fingerprint density at radius 1 is 1.22 bits per heavy atom. The zero-order valence-electron chi connectivity index (χ0n) is 13.3. The highest BCUT2D eigenvalue weighted by Gasteiger charge is 2.32. The van der Waals surface area contributed by atoms with E-state index >= 15 is 0 Å². The van der Waals surface area contributed by atoms with Gasteiger partial charge in [0.2, 0.25) is 5.91 Å². The number of rotatable bonds is 3. The minimum Gasteiger partial charge on any atom is -0.346 e. The van der Waals surface area contributed by atoms with Crippen LogP contribution >= 0.6 is 0 Å². The van der Waals surface area contributed by atoms with Crippen molar-refractivity contribution in [1.29, 1.82) is 0 Å². The van der Waals surface area contributed by atoms with E-state index in [9.17, 15) is 4.79 Å². The second-order valence-electron chi connectivity index (χ2n) is 6.20. The first kappa shape index (κ1) is 14.0. The number of benzene rings is 2. The molecule has 0 radical (unpaired) electrons. The molecular formula is C19H19N3O.